The molecule has 1 saturated heterocycles. The van der Waals surface area contributed by atoms with Crippen LogP contribution in [-0.4, -0.2) is 60.4 Å². The molecule has 7 nitrogen and oxygen atoms in total. The molecule has 2 unspecified atom stereocenters. The number of carbonyl (C=O) groups excluding carboxylic acids is 2. The number of rotatable bonds is 10. The number of likely N-dealkylation sites (tertiary alicyclic amines) is 1. The van der Waals surface area contributed by atoms with Crippen LogP contribution in [0.25, 0.3) is 0 Å². The first kappa shape index (κ1) is 24.9. The molecular formula is C27H32N4O3S. The standard InChI is InChI=1S/C27H32N4O3S/c1-34-23-10-5-9-21(15-23)18-30(17-20-7-3-2-4-8-20)22-16-24(26(32)29-13-12-28)31(19-22)27(33)25-11-6-14-35-25/h2-11,14-15,22,24H,12-13,16-19,28H2,1H3,(H,29,32). The van der Waals surface area contributed by atoms with E-state index in [2.05, 4.69) is 28.4 Å². The second-order valence-corrected chi connectivity index (χ2v) is 9.61. The molecule has 35 heavy (non-hydrogen) atoms. The van der Waals surface area contributed by atoms with E-state index >= 15 is 0 Å². The molecule has 184 valence electrons. The maximum atomic E-state index is 13.4. The number of thiophene rings is 1. The Hall–Kier alpha value is -3.20. The molecule has 3 N–H and O–H groups in total. The average molecular weight is 493 g/mol. The fourth-order valence-corrected chi connectivity index (χ4v) is 5.22. The minimum absolute atomic E-state index is 0.0129. The number of nitrogens with one attached hydrogen (secondary N) is 1. The smallest absolute Gasteiger partial charge is 0.264 e. The van der Waals surface area contributed by atoms with Crippen molar-refractivity contribution in [3.05, 3.63) is 88.1 Å². The van der Waals surface area contributed by atoms with Crippen LogP contribution < -0.4 is 15.8 Å². The molecule has 2 atom stereocenters. The predicted octanol–water partition coefficient (Wildman–Crippen LogP) is 3.12. The van der Waals surface area contributed by atoms with E-state index in [0.717, 1.165) is 11.3 Å². The van der Waals surface area contributed by atoms with E-state index in [0.29, 0.717) is 44.0 Å². The summed E-state index contributed by atoms with van der Waals surface area (Å²) in [7, 11) is 1.66. The molecule has 0 spiro atoms. The van der Waals surface area contributed by atoms with Crippen LogP contribution in [0.3, 0.4) is 0 Å². The first-order chi connectivity index (χ1) is 17.1. The molecule has 2 heterocycles. The Bertz CT molecular complexity index is 1110. The van der Waals surface area contributed by atoms with Crippen molar-refractivity contribution < 1.29 is 14.3 Å². The van der Waals surface area contributed by atoms with Gasteiger partial charge in [0, 0.05) is 38.8 Å². The molecule has 0 bridgehead atoms. The van der Waals surface area contributed by atoms with Gasteiger partial charge in [-0.2, -0.15) is 0 Å². The number of benzene rings is 2. The number of amides is 2. The van der Waals surface area contributed by atoms with Crippen molar-refractivity contribution in [3.8, 4) is 5.75 Å². The van der Waals surface area contributed by atoms with Crippen molar-refractivity contribution in [2.45, 2.75) is 31.6 Å². The summed E-state index contributed by atoms with van der Waals surface area (Å²) in [5.41, 5.74) is 7.91. The summed E-state index contributed by atoms with van der Waals surface area (Å²) in [4.78, 5) is 31.2. The summed E-state index contributed by atoms with van der Waals surface area (Å²) in [5.74, 6) is 0.558. The lowest BCUT2D eigenvalue weighted by Crippen LogP contribution is -2.46. The van der Waals surface area contributed by atoms with Crippen molar-refractivity contribution in [1.82, 2.24) is 15.1 Å². The highest BCUT2D eigenvalue weighted by molar-refractivity contribution is 7.12. The average Bonchev–Trinajstić information content (AvgIpc) is 3.58. The van der Waals surface area contributed by atoms with Crippen molar-refractivity contribution >= 4 is 23.2 Å². The summed E-state index contributed by atoms with van der Waals surface area (Å²) in [6.07, 6.45) is 0.560. The van der Waals surface area contributed by atoms with Crippen LogP contribution in [0.1, 0.15) is 27.2 Å². The normalized spacial score (nSPS) is 17.5. The van der Waals surface area contributed by atoms with Gasteiger partial charge in [-0.25, -0.2) is 0 Å². The molecule has 2 aromatic carbocycles. The molecule has 8 heteroatoms. The number of nitrogens with two attached hydrogens (primary N) is 1. The Labute approximate surface area is 210 Å². The quantitative estimate of drug-likeness (QED) is 0.454. The largest absolute Gasteiger partial charge is 0.497 e. The molecule has 2 amide bonds. The molecule has 1 aromatic heterocycles. The lowest BCUT2D eigenvalue weighted by Gasteiger charge is -2.29. The van der Waals surface area contributed by atoms with Crippen LogP contribution in [0.15, 0.2) is 72.1 Å². The summed E-state index contributed by atoms with van der Waals surface area (Å²) < 4.78 is 5.42. The zero-order chi connectivity index (χ0) is 24.6. The Morgan fingerprint density at radius 1 is 1.09 bits per heavy atom. The fraction of sp³-hybridized carbons (Fsp3) is 0.333. The third kappa shape index (κ3) is 6.28. The van der Waals surface area contributed by atoms with E-state index in [4.69, 9.17) is 10.5 Å². The van der Waals surface area contributed by atoms with Gasteiger partial charge in [-0.3, -0.25) is 14.5 Å². The zero-order valence-electron chi connectivity index (χ0n) is 19.9. The van der Waals surface area contributed by atoms with E-state index in [1.807, 2.05) is 53.9 Å². The van der Waals surface area contributed by atoms with Gasteiger partial charge in [0.15, 0.2) is 0 Å². The minimum Gasteiger partial charge on any atom is -0.497 e. The minimum atomic E-state index is -0.537. The number of carbonyl (C=O) groups is 2. The van der Waals surface area contributed by atoms with Crippen LogP contribution in [0, 0.1) is 0 Å². The molecule has 0 aliphatic carbocycles. The van der Waals surface area contributed by atoms with E-state index in [1.165, 1.54) is 16.9 Å². The number of ether oxygens (including phenoxy) is 1. The predicted molar refractivity (Wildman–Crippen MR) is 138 cm³/mol. The van der Waals surface area contributed by atoms with Gasteiger partial charge in [0.05, 0.1) is 12.0 Å². The van der Waals surface area contributed by atoms with Crippen molar-refractivity contribution in [2.75, 3.05) is 26.7 Å². The highest BCUT2D eigenvalue weighted by Gasteiger charge is 2.42. The van der Waals surface area contributed by atoms with E-state index in [-0.39, 0.29) is 17.9 Å². The third-order valence-corrected chi connectivity index (χ3v) is 7.14. The second-order valence-electron chi connectivity index (χ2n) is 8.66. The number of hydrogen-bond donors (Lipinski definition) is 2. The molecule has 4 rings (SSSR count). The van der Waals surface area contributed by atoms with Gasteiger partial charge in [-0.05, 0) is 41.1 Å². The monoisotopic (exact) mass is 492 g/mol. The van der Waals surface area contributed by atoms with Gasteiger partial charge >= 0.3 is 0 Å². The molecule has 3 aromatic rings. The zero-order valence-corrected chi connectivity index (χ0v) is 20.7. The molecular weight excluding hydrogens is 460 g/mol. The Balaban J connectivity index is 1.61. The van der Waals surface area contributed by atoms with Crippen LogP contribution in [-0.2, 0) is 17.9 Å². The Morgan fingerprint density at radius 2 is 1.86 bits per heavy atom. The Kier molecular flexibility index (Phi) is 8.52. The first-order valence-electron chi connectivity index (χ1n) is 11.8. The summed E-state index contributed by atoms with van der Waals surface area (Å²) >= 11 is 1.40. The highest BCUT2D eigenvalue weighted by Crippen LogP contribution is 2.28. The SMILES string of the molecule is COc1cccc(CN(Cc2ccccc2)C2CC(C(=O)NCCN)N(C(=O)c3cccs3)C2)c1. The fourth-order valence-electron chi connectivity index (χ4n) is 4.54. The van der Waals surface area contributed by atoms with Crippen molar-refractivity contribution in [1.29, 1.82) is 0 Å². The molecule has 1 aliphatic heterocycles. The number of methoxy groups -OCH3 is 1. The third-order valence-electron chi connectivity index (χ3n) is 6.28. The molecule has 1 fully saturated rings. The van der Waals surface area contributed by atoms with Gasteiger partial charge in [-0.15, -0.1) is 11.3 Å². The highest BCUT2D eigenvalue weighted by atomic mass is 32.1. The molecule has 0 radical (unpaired) electrons. The Morgan fingerprint density at radius 3 is 2.57 bits per heavy atom. The van der Waals surface area contributed by atoms with Crippen LogP contribution in [0.4, 0.5) is 0 Å². The maximum Gasteiger partial charge on any atom is 0.264 e. The summed E-state index contributed by atoms with van der Waals surface area (Å²) in [6.45, 7) is 2.61. The molecule has 1 aliphatic rings. The lowest BCUT2D eigenvalue weighted by molar-refractivity contribution is -0.124. The van der Waals surface area contributed by atoms with Gasteiger partial charge in [0.1, 0.15) is 11.8 Å². The number of nitrogens with zero attached hydrogens (tertiary/aromatic N) is 2. The van der Waals surface area contributed by atoms with Gasteiger partial charge in [0.25, 0.3) is 5.91 Å². The van der Waals surface area contributed by atoms with Crippen LogP contribution >= 0.6 is 11.3 Å². The van der Waals surface area contributed by atoms with Crippen molar-refractivity contribution in [2.24, 2.45) is 5.73 Å². The van der Waals surface area contributed by atoms with Crippen molar-refractivity contribution in [3.63, 3.8) is 0 Å². The topological polar surface area (TPSA) is 87.9 Å². The summed E-state index contributed by atoms with van der Waals surface area (Å²) in [5, 5.41) is 4.77. The van der Waals surface area contributed by atoms with E-state index in [1.54, 1.807) is 12.0 Å². The van der Waals surface area contributed by atoms with Gasteiger partial charge in [-0.1, -0.05) is 48.5 Å². The maximum absolute atomic E-state index is 13.4. The van der Waals surface area contributed by atoms with Gasteiger partial charge < -0.3 is 20.7 Å². The number of hydrogen-bond acceptors (Lipinski definition) is 6. The first-order valence-corrected chi connectivity index (χ1v) is 12.7. The van der Waals surface area contributed by atoms with Gasteiger partial charge in [0.2, 0.25) is 5.91 Å². The summed E-state index contributed by atoms with van der Waals surface area (Å²) in [6, 6.07) is 21.5. The second kappa shape index (κ2) is 12.0. The molecule has 0 saturated carbocycles. The lowest BCUT2D eigenvalue weighted by atomic mass is 10.1. The van der Waals surface area contributed by atoms with E-state index in [9.17, 15) is 9.59 Å². The van der Waals surface area contributed by atoms with E-state index < -0.39 is 6.04 Å². The van der Waals surface area contributed by atoms with Crippen LogP contribution in [0.2, 0.25) is 0 Å². The van der Waals surface area contributed by atoms with Crippen LogP contribution in [0.5, 0.6) is 5.75 Å².